The summed E-state index contributed by atoms with van der Waals surface area (Å²) >= 11 is 4.33. The van der Waals surface area contributed by atoms with Crippen LogP contribution in [0.2, 0.25) is 0 Å². The van der Waals surface area contributed by atoms with Gasteiger partial charge in [-0.25, -0.2) is 0 Å². The molecule has 1 amide bonds. The molecular formula is C21H21N3O4S. The first kappa shape index (κ1) is 20.5. The van der Waals surface area contributed by atoms with Gasteiger partial charge in [0.15, 0.2) is 5.75 Å². The van der Waals surface area contributed by atoms with Crippen LogP contribution in [0.25, 0.3) is 0 Å². The van der Waals surface area contributed by atoms with Gasteiger partial charge in [0.05, 0.1) is 17.3 Å². The smallest absolute Gasteiger partial charge is 0.254 e. The molecule has 3 rings (SSSR count). The maximum atomic E-state index is 12.3. The number of anilines is 3. The van der Waals surface area contributed by atoms with E-state index in [4.69, 9.17) is 0 Å². The van der Waals surface area contributed by atoms with E-state index in [0.29, 0.717) is 6.42 Å². The highest BCUT2D eigenvalue weighted by atomic mass is 32.1. The lowest BCUT2D eigenvalue weighted by Gasteiger charge is -2.26. The van der Waals surface area contributed by atoms with Crippen LogP contribution in [0.3, 0.4) is 0 Å². The lowest BCUT2D eigenvalue weighted by Crippen LogP contribution is -2.39. The van der Waals surface area contributed by atoms with E-state index in [1.807, 2.05) is 37.3 Å². The van der Waals surface area contributed by atoms with Gasteiger partial charge in [-0.3, -0.25) is 18.7 Å². The molecule has 7 nitrogen and oxygen atoms in total. The van der Waals surface area contributed by atoms with Crippen LogP contribution in [0.4, 0.5) is 17.1 Å². The highest BCUT2D eigenvalue weighted by Crippen LogP contribution is 2.39. The monoisotopic (exact) mass is 411 g/mol. The molecule has 3 aromatic carbocycles. The van der Waals surface area contributed by atoms with Crippen LogP contribution in [0.15, 0.2) is 58.1 Å². The molecule has 0 heterocycles. The minimum absolute atomic E-state index is 0.0251. The van der Waals surface area contributed by atoms with E-state index in [1.54, 1.807) is 6.07 Å². The number of phenols is 1. The number of hydrogen-bond donors (Lipinski definition) is 4. The third kappa shape index (κ3) is 3.71. The van der Waals surface area contributed by atoms with Crippen LogP contribution < -0.4 is 25.8 Å². The number of carbonyl (C=O) groups excluding carboxylic acids is 1. The number of amides is 1. The number of carbonyl (C=O) groups is 1. The summed E-state index contributed by atoms with van der Waals surface area (Å²) in [6.07, 6.45) is 0.687. The van der Waals surface area contributed by atoms with Crippen molar-refractivity contribution in [2.75, 3.05) is 16.7 Å². The quantitative estimate of drug-likeness (QED) is 0.353. The Morgan fingerprint density at radius 2 is 1.79 bits per heavy atom. The molecule has 29 heavy (non-hydrogen) atoms. The summed E-state index contributed by atoms with van der Waals surface area (Å²) in [4.78, 5) is 36.4. The number of aromatic hydroxyl groups is 1. The molecule has 0 aliphatic heterocycles. The van der Waals surface area contributed by atoms with Gasteiger partial charge in [0.25, 0.3) is 16.8 Å². The number of nitrogens with one attached hydrogen (secondary N) is 2. The van der Waals surface area contributed by atoms with E-state index in [-0.39, 0.29) is 34.4 Å². The minimum atomic E-state index is -0.713. The van der Waals surface area contributed by atoms with E-state index in [2.05, 4.69) is 23.4 Å². The van der Waals surface area contributed by atoms with Crippen molar-refractivity contribution in [3.63, 3.8) is 0 Å². The highest BCUT2D eigenvalue weighted by molar-refractivity contribution is 7.82. The summed E-state index contributed by atoms with van der Waals surface area (Å²) in [5.74, 6) is -0.819. The Bertz CT molecular complexity index is 1110. The molecule has 0 radical (unpaired) electrons. The molecule has 0 aliphatic carbocycles. The molecule has 0 aromatic heterocycles. The molecule has 150 valence electrons. The van der Waals surface area contributed by atoms with Crippen LogP contribution in [0.5, 0.6) is 5.75 Å². The number of phenolic OH excluding ortho intramolecular Hbond substituents is 1. The van der Waals surface area contributed by atoms with Crippen LogP contribution in [0, 0.1) is 0 Å². The van der Waals surface area contributed by atoms with Crippen molar-refractivity contribution in [3.05, 3.63) is 80.1 Å². The largest absolute Gasteiger partial charge is 0.505 e. The SMILES string of the molecule is CC[C@@H](Nc1c(N(S)c2cccc(C(=O)NC)c2O)c(=O)c1=O)c1ccccc1. The third-order valence-electron chi connectivity index (χ3n) is 4.74. The Balaban J connectivity index is 1.98. The minimum Gasteiger partial charge on any atom is -0.505 e. The predicted molar refractivity (Wildman–Crippen MR) is 117 cm³/mol. The Labute approximate surface area is 173 Å². The molecule has 3 N–H and O–H groups in total. The summed E-state index contributed by atoms with van der Waals surface area (Å²) in [6, 6.07) is 13.9. The van der Waals surface area contributed by atoms with E-state index >= 15 is 0 Å². The zero-order chi connectivity index (χ0) is 21.1. The number of hydrogen-bond acceptors (Lipinski definition) is 7. The number of para-hydroxylation sites is 1. The van der Waals surface area contributed by atoms with E-state index in [1.165, 1.54) is 19.2 Å². The zero-order valence-electron chi connectivity index (χ0n) is 16.0. The Kier molecular flexibility index (Phi) is 5.93. The molecule has 0 unspecified atom stereocenters. The summed E-state index contributed by atoms with van der Waals surface area (Å²) in [7, 11) is 1.44. The summed E-state index contributed by atoms with van der Waals surface area (Å²) in [6.45, 7) is 1.97. The Morgan fingerprint density at radius 1 is 1.10 bits per heavy atom. The lowest BCUT2D eigenvalue weighted by molar-refractivity contribution is 0.0960. The van der Waals surface area contributed by atoms with Crippen molar-refractivity contribution in [3.8, 4) is 5.75 Å². The van der Waals surface area contributed by atoms with Crippen molar-refractivity contribution in [2.45, 2.75) is 19.4 Å². The van der Waals surface area contributed by atoms with Gasteiger partial charge in [0.1, 0.15) is 11.4 Å². The lowest BCUT2D eigenvalue weighted by atomic mass is 10.0. The van der Waals surface area contributed by atoms with E-state index in [0.717, 1.165) is 9.87 Å². The molecule has 0 fully saturated rings. The molecule has 0 aliphatic rings. The van der Waals surface area contributed by atoms with Gasteiger partial charge < -0.3 is 15.7 Å². The Morgan fingerprint density at radius 3 is 2.41 bits per heavy atom. The van der Waals surface area contributed by atoms with Crippen LogP contribution >= 0.6 is 12.8 Å². The first-order valence-corrected chi connectivity index (χ1v) is 9.48. The fraction of sp³-hybridized carbons (Fsp3) is 0.190. The van der Waals surface area contributed by atoms with Gasteiger partial charge in [-0.1, -0.05) is 56.1 Å². The predicted octanol–water partition coefficient (Wildman–Crippen LogP) is 2.89. The fourth-order valence-electron chi connectivity index (χ4n) is 3.14. The van der Waals surface area contributed by atoms with Gasteiger partial charge in [0, 0.05) is 7.05 Å². The maximum absolute atomic E-state index is 12.3. The van der Waals surface area contributed by atoms with Crippen molar-refractivity contribution in [2.24, 2.45) is 0 Å². The number of rotatable bonds is 7. The van der Waals surface area contributed by atoms with Crippen LogP contribution in [0.1, 0.15) is 35.3 Å². The van der Waals surface area contributed by atoms with Gasteiger partial charge in [-0.2, -0.15) is 0 Å². The molecule has 0 saturated heterocycles. The van der Waals surface area contributed by atoms with Gasteiger partial charge >= 0.3 is 0 Å². The standard InChI is InChI=1S/C21H21N3O4S/c1-3-14(12-8-5-4-6-9-12)23-16-17(20(27)19(16)26)24(29)15-11-7-10-13(18(15)25)21(28)22-2/h4-11,14,23,25,29H,3H2,1-2H3,(H,22,28)/t14-/m1/s1. The average Bonchev–Trinajstić information content (AvgIpc) is 2.75. The maximum Gasteiger partial charge on any atom is 0.254 e. The molecule has 0 spiro atoms. The Hall–Kier alpha value is -3.26. The first-order chi connectivity index (χ1) is 13.9. The number of nitrogens with zero attached hydrogens (tertiary/aromatic N) is 1. The average molecular weight is 411 g/mol. The van der Waals surface area contributed by atoms with E-state index in [9.17, 15) is 19.5 Å². The highest BCUT2D eigenvalue weighted by Gasteiger charge is 2.29. The van der Waals surface area contributed by atoms with Crippen LogP contribution in [-0.2, 0) is 0 Å². The van der Waals surface area contributed by atoms with Crippen molar-refractivity contribution in [1.29, 1.82) is 0 Å². The van der Waals surface area contributed by atoms with Crippen molar-refractivity contribution >= 4 is 35.8 Å². The number of benzene rings is 2. The van der Waals surface area contributed by atoms with E-state index < -0.39 is 16.8 Å². The second-order valence-electron chi connectivity index (χ2n) is 6.46. The topological polar surface area (TPSA) is 98.7 Å². The van der Waals surface area contributed by atoms with Crippen LogP contribution in [-0.4, -0.2) is 18.1 Å². The summed E-state index contributed by atoms with van der Waals surface area (Å²) < 4.78 is 1.13. The third-order valence-corrected chi connectivity index (χ3v) is 5.16. The van der Waals surface area contributed by atoms with Crippen molar-refractivity contribution in [1.82, 2.24) is 5.32 Å². The summed E-state index contributed by atoms with van der Waals surface area (Å²) in [5.41, 5.74) is -0.0671. The normalized spacial score (nSPS) is 11.8. The van der Waals surface area contributed by atoms with Gasteiger partial charge in [0.2, 0.25) is 0 Å². The summed E-state index contributed by atoms with van der Waals surface area (Å²) in [5, 5.41) is 16.0. The zero-order valence-corrected chi connectivity index (χ0v) is 16.9. The second-order valence-corrected chi connectivity index (χ2v) is 6.86. The molecule has 3 aromatic rings. The van der Waals surface area contributed by atoms with Gasteiger partial charge in [-0.05, 0) is 24.1 Å². The molecule has 8 heteroatoms. The molecular weight excluding hydrogens is 390 g/mol. The van der Waals surface area contributed by atoms with Gasteiger partial charge in [-0.15, -0.1) is 0 Å². The first-order valence-electron chi connectivity index (χ1n) is 9.08. The number of thiol groups is 1. The molecule has 0 bridgehead atoms. The molecule has 0 saturated carbocycles. The fourth-order valence-corrected chi connectivity index (χ4v) is 3.49. The molecule has 1 atom stereocenters. The second kappa shape index (κ2) is 8.40. The van der Waals surface area contributed by atoms with Crippen molar-refractivity contribution < 1.29 is 9.90 Å².